The number of benzene rings is 2. The average molecular weight is 360 g/mol. The topological polar surface area (TPSA) is 63.9 Å². The number of halogens is 2. The summed E-state index contributed by atoms with van der Waals surface area (Å²) in [5.74, 6) is -0.152. The van der Waals surface area contributed by atoms with Gasteiger partial charge in [-0.25, -0.2) is 4.39 Å². The summed E-state index contributed by atoms with van der Waals surface area (Å²) < 4.78 is 13.0. The molecule has 0 aliphatic carbocycles. The number of likely N-dealkylation sites (N-methyl/N-ethyl adjacent to an activating group) is 1. The molecule has 8 heteroatoms. The molecule has 3 rings (SSSR count). The molecule has 1 amide bonds. The number of tetrazole rings is 1. The highest BCUT2D eigenvalue weighted by atomic mass is 35.5. The number of carbonyl (C=O) groups excluding carboxylic acids is 1. The first-order valence-electron chi connectivity index (χ1n) is 7.53. The average Bonchev–Trinajstić information content (AvgIpc) is 3.06. The monoisotopic (exact) mass is 359 g/mol. The highest BCUT2D eigenvalue weighted by molar-refractivity contribution is 6.30. The molecule has 0 aliphatic rings. The first-order chi connectivity index (χ1) is 12.0. The van der Waals surface area contributed by atoms with E-state index in [4.69, 9.17) is 11.6 Å². The van der Waals surface area contributed by atoms with Crippen molar-refractivity contribution in [2.75, 3.05) is 7.05 Å². The van der Waals surface area contributed by atoms with Crippen LogP contribution in [0.3, 0.4) is 0 Å². The van der Waals surface area contributed by atoms with Gasteiger partial charge in [0.25, 0.3) is 0 Å². The molecular weight excluding hydrogens is 345 g/mol. The van der Waals surface area contributed by atoms with E-state index in [0.717, 1.165) is 5.56 Å². The Balaban J connectivity index is 1.62. The maximum atomic E-state index is 13.0. The lowest BCUT2D eigenvalue weighted by Gasteiger charge is -2.16. The van der Waals surface area contributed by atoms with E-state index in [0.29, 0.717) is 23.0 Å². The van der Waals surface area contributed by atoms with Crippen molar-refractivity contribution in [1.82, 2.24) is 25.1 Å². The second-order valence-electron chi connectivity index (χ2n) is 5.53. The number of carbonyl (C=O) groups is 1. The third kappa shape index (κ3) is 4.39. The Morgan fingerprint density at radius 3 is 2.52 bits per heavy atom. The lowest BCUT2D eigenvalue weighted by atomic mass is 10.2. The van der Waals surface area contributed by atoms with E-state index in [1.807, 2.05) is 12.1 Å². The number of rotatable bonds is 5. The zero-order chi connectivity index (χ0) is 17.8. The zero-order valence-electron chi connectivity index (χ0n) is 13.4. The van der Waals surface area contributed by atoms with Gasteiger partial charge in [0, 0.05) is 24.2 Å². The molecule has 0 unspecified atom stereocenters. The van der Waals surface area contributed by atoms with Crippen molar-refractivity contribution >= 4 is 17.5 Å². The van der Waals surface area contributed by atoms with Gasteiger partial charge in [0.2, 0.25) is 11.7 Å². The number of hydrogen-bond donors (Lipinski definition) is 0. The van der Waals surface area contributed by atoms with E-state index in [-0.39, 0.29) is 18.3 Å². The predicted octanol–water partition coefficient (Wildman–Crippen LogP) is 2.79. The maximum Gasteiger partial charge on any atom is 0.246 e. The zero-order valence-corrected chi connectivity index (χ0v) is 14.2. The van der Waals surface area contributed by atoms with Crippen LogP contribution in [0.1, 0.15) is 5.56 Å². The summed E-state index contributed by atoms with van der Waals surface area (Å²) in [6, 6.07) is 13.1. The van der Waals surface area contributed by atoms with E-state index in [1.54, 1.807) is 36.2 Å². The molecule has 0 radical (unpaired) electrons. The smallest absolute Gasteiger partial charge is 0.246 e. The SMILES string of the molecule is CN(Cc1ccc(Cl)cc1)C(=O)Cn1nnc(-c2ccc(F)cc2)n1. The van der Waals surface area contributed by atoms with Crippen molar-refractivity contribution in [3.8, 4) is 11.4 Å². The van der Waals surface area contributed by atoms with E-state index in [9.17, 15) is 9.18 Å². The number of nitrogens with zero attached hydrogens (tertiary/aromatic N) is 5. The second-order valence-corrected chi connectivity index (χ2v) is 5.96. The van der Waals surface area contributed by atoms with Gasteiger partial charge in [-0.05, 0) is 47.2 Å². The molecule has 0 aliphatic heterocycles. The summed E-state index contributed by atoms with van der Waals surface area (Å²) in [5.41, 5.74) is 1.61. The van der Waals surface area contributed by atoms with E-state index in [2.05, 4.69) is 15.4 Å². The van der Waals surface area contributed by atoms with Gasteiger partial charge in [0.05, 0.1) is 0 Å². The first kappa shape index (κ1) is 17.0. The van der Waals surface area contributed by atoms with Crippen LogP contribution in [0.5, 0.6) is 0 Å². The molecule has 25 heavy (non-hydrogen) atoms. The molecule has 0 saturated heterocycles. The van der Waals surface area contributed by atoms with Gasteiger partial charge in [-0.3, -0.25) is 4.79 Å². The van der Waals surface area contributed by atoms with Crippen molar-refractivity contribution in [2.45, 2.75) is 13.1 Å². The Labute approximate surface area is 148 Å². The van der Waals surface area contributed by atoms with Gasteiger partial charge in [-0.15, -0.1) is 10.2 Å². The fourth-order valence-corrected chi connectivity index (χ4v) is 2.34. The number of aromatic nitrogens is 4. The molecule has 0 saturated carbocycles. The highest BCUT2D eigenvalue weighted by Gasteiger charge is 2.13. The summed E-state index contributed by atoms with van der Waals surface area (Å²) in [6.45, 7) is 0.424. The molecule has 2 aromatic carbocycles. The van der Waals surface area contributed by atoms with Crippen molar-refractivity contribution in [3.63, 3.8) is 0 Å². The fraction of sp³-hybridized carbons (Fsp3) is 0.176. The lowest BCUT2D eigenvalue weighted by Crippen LogP contribution is -2.30. The summed E-state index contributed by atoms with van der Waals surface area (Å²) >= 11 is 5.85. The highest BCUT2D eigenvalue weighted by Crippen LogP contribution is 2.14. The third-order valence-corrected chi connectivity index (χ3v) is 3.84. The minimum atomic E-state index is -0.338. The summed E-state index contributed by atoms with van der Waals surface area (Å²) in [4.78, 5) is 15.1. The summed E-state index contributed by atoms with van der Waals surface area (Å²) in [6.07, 6.45) is 0. The molecule has 3 aromatic rings. The quantitative estimate of drug-likeness (QED) is 0.702. The van der Waals surface area contributed by atoms with Crippen LogP contribution in [-0.4, -0.2) is 38.1 Å². The van der Waals surface area contributed by atoms with Crippen molar-refractivity contribution in [3.05, 3.63) is 64.9 Å². The Morgan fingerprint density at radius 2 is 1.84 bits per heavy atom. The van der Waals surface area contributed by atoms with Gasteiger partial charge in [0.15, 0.2) is 0 Å². The van der Waals surface area contributed by atoms with E-state index in [1.165, 1.54) is 16.9 Å². The molecule has 0 fully saturated rings. The Bertz CT molecular complexity index is 864. The molecule has 128 valence electrons. The van der Waals surface area contributed by atoms with E-state index >= 15 is 0 Å². The Hall–Kier alpha value is -2.80. The summed E-state index contributed by atoms with van der Waals surface area (Å²) in [7, 11) is 1.70. The van der Waals surface area contributed by atoms with Crippen LogP contribution in [0, 0.1) is 5.82 Å². The van der Waals surface area contributed by atoms with Crippen LogP contribution in [0.15, 0.2) is 48.5 Å². The molecule has 0 spiro atoms. The van der Waals surface area contributed by atoms with Crippen LogP contribution >= 0.6 is 11.6 Å². The molecule has 6 nitrogen and oxygen atoms in total. The predicted molar refractivity (Wildman–Crippen MR) is 91.1 cm³/mol. The van der Waals surface area contributed by atoms with Gasteiger partial charge in [-0.1, -0.05) is 23.7 Å². The standard InChI is InChI=1S/C17H15ClFN5O/c1-23(10-12-2-6-14(18)7-3-12)16(25)11-24-21-17(20-22-24)13-4-8-15(19)9-5-13/h2-9H,10-11H2,1H3. The van der Waals surface area contributed by atoms with Crippen molar-refractivity contribution < 1.29 is 9.18 Å². The fourth-order valence-electron chi connectivity index (χ4n) is 2.22. The number of amides is 1. The van der Waals surface area contributed by atoms with Crippen LogP contribution in [0.25, 0.3) is 11.4 Å². The molecular formula is C17H15ClFN5O. The molecule has 0 N–H and O–H groups in total. The number of hydrogen-bond acceptors (Lipinski definition) is 4. The molecule has 1 aromatic heterocycles. The largest absolute Gasteiger partial charge is 0.340 e. The van der Waals surface area contributed by atoms with E-state index < -0.39 is 0 Å². The van der Waals surface area contributed by atoms with Crippen LogP contribution in [-0.2, 0) is 17.9 Å². The summed E-state index contributed by atoms with van der Waals surface area (Å²) in [5, 5.41) is 12.6. The van der Waals surface area contributed by atoms with Crippen LogP contribution in [0.2, 0.25) is 5.02 Å². The Morgan fingerprint density at radius 1 is 1.16 bits per heavy atom. The second kappa shape index (κ2) is 7.40. The molecule has 0 atom stereocenters. The van der Waals surface area contributed by atoms with Gasteiger partial charge >= 0.3 is 0 Å². The van der Waals surface area contributed by atoms with Crippen molar-refractivity contribution in [1.29, 1.82) is 0 Å². The lowest BCUT2D eigenvalue weighted by molar-refractivity contribution is -0.131. The van der Waals surface area contributed by atoms with Gasteiger partial charge < -0.3 is 4.90 Å². The maximum absolute atomic E-state index is 13.0. The normalized spacial score (nSPS) is 10.7. The minimum Gasteiger partial charge on any atom is -0.340 e. The third-order valence-electron chi connectivity index (χ3n) is 3.59. The Kier molecular flexibility index (Phi) is 5.04. The van der Waals surface area contributed by atoms with Gasteiger partial charge in [0.1, 0.15) is 12.4 Å². The van der Waals surface area contributed by atoms with Crippen LogP contribution in [0.4, 0.5) is 4.39 Å². The van der Waals surface area contributed by atoms with Crippen LogP contribution < -0.4 is 0 Å². The van der Waals surface area contributed by atoms with Gasteiger partial charge in [-0.2, -0.15) is 4.80 Å². The molecule has 0 bridgehead atoms. The van der Waals surface area contributed by atoms with Crippen molar-refractivity contribution in [2.24, 2.45) is 0 Å². The minimum absolute atomic E-state index is 0.0295. The molecule has 1 heterocycles. The first-order valence-corrected chi connectivity index (χ1v) is 7.91.